The number of amides is 1. The second-order valence-electron chi connectivity index (χ2n) is 5.47. The van der Waals surface area contributed by atoms with E-state index in [2.05, 4.69) is 0 Å². The van der Waals surface area contributed by atoms with Crippen LogP contribution in [-0.4, -0.2) is 29.9 Å². The summed E-state index contributed by atoms with van der Waals surface area (Å²) in [6.45, 7) is 5.53. The van der Waals surface area contributed by atoms with E-state index in [-0.39, 0.29) is 24.4 Å². The highest BCUT2D eigenvalue weighted by atomic mass is 35.5. The summed E-state index contributed by atoms with van der Waals surface area (Å²) >= 11 is 5.93. The minimum absolute atomic E-state index is 0. The summed E-state index contributed by atoms with van der Waals surface area (Å²) in [6, 6.07) is 5.56. The Morgan fingerprint density at radius 1 is 1.50 bits per heavy atom. The highest BCUT2D eigenvalue weighted by Crippen LogP contribution is 2.22. The lowest BCUT2D eigenvalue weighted by Gasteiger charge is -2.35. The molecule has 112 valence electrons. The summed E-state index contributed by atoms with van der Waals surface area (Å²) in [6.07, 6.45) is 2.14. The van der Waals surface area contributed by atoms with Crippen molar-refractivity contribution in [1.82, 2.24) is 4.90 Å². The van der Waals surface area contributed by atoms with Crippen molar-refractivity contribution in [2.45, 2.75) is 32.7 Å². The Balaban J connectivity index is 0.00000200. The van der Waals surface area contributed by atoms with Gasteiger partial charge in [-0.2, -0.15) is 0 Å². The Morgan fingerprint density at radius 2 is 2.20 bits per heavy atom. The predicted octanol–water partition coefficient (Wildman–Crippen LogP) is 3.27. The summed E-state index contributed by atoms with van der Waals surface area (Å²) in [4.78, 5) is 14.5. The quantitative estimate of drug-likeness (QED) is 0.910. The number of hydrogen-bond acceptors (Lipinski definition) is 2. The van der Waals surface area contributed by atoms with Crippen LogP contribution in [0.3, 0.4) is 0 Å². The van der Waals surface area contributed by atoms with Gasteiger partial charge in [0.1, 0.15) is 0 Å². The average molecular weight is 317 g/mol. The summed E-state index contributed by atoms with van der Waals surface area (Å²) in [5, 5.41) is 0.668. The minimum Gasteiger partial charge on any atom is -0.338 e. The zero-order valence-electron chi connectivity index (χ0n) is 11.9. The predicted molar refractivity (Wildman–Crippen MR) is 85.7 cm³/mol. The Kier molecular flexibility index (Phi) is 6.31. The third-order valence-corrected chi connectivity index (χ3v) is 4.14. The first kappa shape index (κ1) is 17.3. The van der Waals surface area contributed by atoms with Crippen molar-refractivity contribution in [3.05, 3.63) is 34.3 Å². The third kappa shape index (κ3) is 3.87. The second kappa shape index (κ2) is 7.30. The van der Waals surface area contributed by atoms with Crippen molar-refractivity contribution in [2.75, 3.05) is 13.1 Å². The van der Waals surface area contributed by atoms with Gasteiger partial charge >= 0.3 is 0 Å². The number of carbonyl (C=O) groups excluding carboxylic acids is 1. The normalized spacial score (nSPS) is 20.2. The number of nitrogens with zero attached hydrogens (tertiary/aromatic N) is 1. The van der Waals surface area contributed by atoms with Gasteiger partial charge in [0.2, 0.25) is 0 Å². The molecule has 0 saturated carbocycles. The van der Waals surface area contributed by atoms with Crippen LogP contribution in [0.4, 0.5) is 0 Å². The highest BCUT2D eigenvalue weighted by Gasteiger charge is 2.27. The molecule has 5 heteroatoms. The fraction of sp³-hybridized carbons (Fsp3) is 0.533. The lowest BCUT2D eigenvalue weighted by atomic mass is 9.91. The lowest BCUT2D eigenvalue weighted by Crippen LogP contribution is -2.45. The smallest absolute Gasteiger partial charge is 0.254 e. The van der Waals surface area contributed by atoms with Crippen LogP contribution in [0, 0.1) is 12.8 Å². The van der Waals surface area contributed by atoms with Gasteiger partial charge in [-0.3, -0.25) is 4.79 Å². The number of benzene rings is 1. The van der Waals surface area contributed by atoms with E-state index >= 15 is 0 Å². The molecular formula is C15H22Cl2N2O. The summed E-state index contributed by atoms with van der Waals surface area (Å²) in [7, 11) is 0. The molecule has 0 radical (unpaired) electrons. The van der Waals surface area contributed by atoms with Crippen molar-refractivity contribution in [2.24, 2.45) is 11.7 Å². The zero-order valence-corrected chi connectivity index (χ0v) is 13.5. The Labute approximate surface area is 131 Å². The molecule has 2 unspecified atom stereocenters. The number of hydrogen-bond donors (Lipinski definition) is 1. The van der Waals surface area contributed by atoms with Crippen molar-refractivity contribution in [3.63, 3.8) is 0 Å². The summed E-state index contributed by atoms with van der Waals surface area (Å²) in [5.74, 6) is 0.504. The van der Waals surface area contributed by atoms with E-state index in [0.717, 1.165) is 37.1 Å². The minimum atomic E-state index is 0. The average Bonchev–Trinajstić information content (AvgIpc) is 2.38. The maximum atomic E-state index is 12.5. The van der Waals surface area contributed by atoms with Crippen LogP contribution in [0.2, 0.25) is 5.02 Å². The van der Waals surface area contributed by atoms with E-state index < -0.39 is 0 Å². The first-order valence-electron chi connectivity index (χ1n) is 6.80. The van der Waals surface area contributed by atoms with E-state index in [0.29, 0.717) is 10.9 Å². The molecule has 0 aliphatic carbocycles. The van der Waals surface area contributed by atoms with Crippen molar-refractivity contribution in [1.29, 1.82) is 0 Å². The molecule has 20 heavy (non-hydrogen) atoms. The molecule has 0 aromatic heterocycles. The third-order valence-electron chi connectivity index (χ3n) is 3.91. The van der Waals surface area contributed by atoms with E-state index in [1.165, 1.54) is 0 Å². The van der Waals surface area contributed by atoms with Crippen molar-refractivity contribution >= 4 is 29.9 Å². The van der Waals surface area contributed by atoms with Gasteiger partial charge in [0, 0.05) is 29.7 Å². The molecule has 1 fully saturated rings. The molecule has 1 saturated heterocycles. The van der Waals surface area contributed by atoms with Crippen LogP contribution in [0.5, 0.6) is 0 Å². The van der Waals surface area contributed by atoms with Crippen molar-refractivity contribution < 1.29 is 4.79 Å². The van der Waals surface area contributed by atoms with E-state index in [1.807, 2.05) is 30.9 Å². The molecule has 0 spiro atoms. The molecule has 1 heterocycles. The highest BCUT2D eigenvalue weighted by molar-refractivity contribution is 6.30. The summed E-state index contributed by atoms with van der Waals surface area (Å²) < 4.78 is 0. The molecule has 1 amide bonds. The largest absolute Gasteiger partial charge is 0.338 e. The van der Waals surface area contributed by atoms with Crippen LogP contribution in [0.25, 0.3) is 0 Å². The van der Waals surface area contributed by atoms with Crippen LogP contribution in [0.15, 0.2) is 18.2 Å². The molecule has 3 nitrogen and oxygen atoms in total. The monoisotopic (exact) mass is 316 g/mol. The number of likely N-dealkylation sites (tertiary alicyclic amines) is 1. The van der Waals surface area contributed by atoms with Gasteiger partial charge in [0.15, 0.2) is 0 Å². The molecule has 2 N–H and O–H groups in total. The molecule has 1 aliphatic heterocycles. The van der Waals surface area contributed by atoms with Crippen molar-refractivity contribution in [3.8, 4) is 0 Å². The number of carbonyl (C=O) groups is 1. The molecule has 1 aliphatic rings. The van der Waals surface area contributed by atoms with Gasteiger partial charge in [0.25, 0.3) is 5.91 Å². The molecule has 2 rings (SSSR count). The fourth-order valence-electron chi connectivity index (χ4n) is 2.66. The standard InChI is InChI=1S/C15H21ClN2O.ClH/c1-10-8-13(16)5-6-14(10)15(19)18-7-3-4-12(9-18)11(2)17;/h5-6,8,11-12H,3-4,7,9,17H2,1-2H3;1H. The van der Waals surface area contributed by atoms with Gasteiger partial charge in [0.05, 0.1) is 0 Å². The van der Waals surface area contributed by atoms with Crippen LogP contribution < -0.4 is 5.73 Å². The van der Waals surface area contributed by atoms with Crippen LogP contribution in [-0.2, 0) is 0 Å². The molecule has 2 atom stereocenters. The van der Waals surface area contributed by atoms with Gasteiger partial charge in [-0.1, -0.05) is 11.6 Å². The SMILES string of the molecule is Cc1cc(Cl)ccc1C(=O)N1CCCC(C(C)N)C1.Cl. The number of piperidine rings is 1. The van der Waals surface area contributed by atoms with E-state index in [9.17, 15) is 4.79 Å². The first-order chi connectivity index (χ1) is 8.99. The summed E-state index contributed by atoms with van der Waals surface area (Å²) in [5.41, 5.74) is 7.64. The van der Waals surface area contributed by atoms with Crippen LogP contribution in [0.1, 0.15) is 35.7 Å². The number of nitrogens with two attached hydrogens (primary N) is 1. The van der Waals surface area contributed by atoms with E-state index in [4.69, 9.17) is 17.3 Å². The Morgan fingerprint density at radius 3 is 2.80 bits per heavy atom. The van der Waals surface area contributed by atoms with Gasteiger partial charge in [-0.05, 0) is 56.4 Å². The maximum Gasteiger partial charge on any atom is 0.254 e. The maximum absolute atomic E-state index is 12.5. The second-order valence-corrected chi connectivity index (χ2v) is 5.91. The van der Waals surface area contributed by atoms with E-state index in [1.54, 1.807) is 6.07 Å². The van der Waals surface area contributed by atoms with Gasteiger partial charge < -0.3 is 10.6 Å². The zero-order chi connectivity index (χ0) is 14.0. The Bertz CT molecular complexity index is 477. The molecular weight excluding hydrogens is 295 g/mol. The molecule has 1 aromatic carbocycles. The topological polar surface area (TPSA) is 46.3 Å². The molecule has 1 aromatic rings. The fourth-order valence-corrected chi connectivity index (χ4v) is 2.89. The lowest BCUT2D eigenvalue weighted by molar-refractivity contribution is 0.0660. The number of halogens is 2. The first-order valence-corrected chi connectivity index (χ1v) is 7.18. The van der Waals surface area contributed by atoms with Gasteiger partial charge in [-0.15, -0.1) is 12.4 Å². The molecule has 0 bridgehead atoms. The Hall–Kier alpha value is -0.770. The number of aryl methyl sites for hydroxylation is 1. The van der Waals surface area contributed by atoms with Crippen LogP contribution >= 0.6 is 24.0 Å². The number of rotatable bonds is 2. The van der Waals surface area contributed by atoms with Gasteiger partial charge in [-0.25, -0.2) is 0 Å².